The van der Waals surface area contributed by atoms with Gasteiger partial charge < -0.3 is 15.3 Å². The quantitative estimate of drug-likeness (QED) is 0.630. The molecule has 1 aromatic carbocycles. The van der Waals surface area contributed by atoms with Gasteiger partial charge in [-0.25, -0.2) is 0 Å². The van der Waals surface area contributed by atoms with Crippen LogP contribution < -0.4 is 5.32 Å². The molecule has 1 fully saturated rings. The van der Waals surface area contributed by atoms with Crippen molar-refractivity contribution in [2.24, 2.45) is 0 Å². The molecule has 7 nitrogen and oxygen atoms in total. The molecule has 0 radical (unpaired) electrons. The number of non-ortho nitro benzene ring substituents is 1. The van der Waals surface area contributed by atoms with Crippen LogP contribution in [0.3, 0.4) is 0 Å². The number of rotatable bonds is 5. The Morgan fingerprint density at radius 3 is 2.90 bits per heavy atom. The van der Waals surface area contributed by atoms with Crippen LogP contribution in [0.1, 0.15) is 18.4 Å². The van der Waals surface area contributed by atoms with Crippen molar-refractivity contribution in [1.29, 1.82) is 0 Å². The molecule has 2 N–H and O–H groups in total. The predicted molar refractivity (Wildman–Crippen MR) is 78.1 cm³/mol. The number of benzene rings is 1. The molecule has 0 bridgehead atoms. The smallest absolute Gasteiger partial charge is 0.269 e. The maximum Gasteiger partial charge on any atom is 0.269 e. The molecule has 1 saturated heterocycles. The summed E-state index contributed by atoms with van der Waals surface area (Å²) in [4.78, 5) is 24.1. The number of aliphatic hydroxyl groups excluding tert-OH is 1. The normalized spacial score (nSPS) is 18.7. The fraction of sp³-hybridized carbons (Fsp3) is 0.500. The first kappa shape index (κ1) is 15.4. The van der Waals surface area contributed by atoms with Gasteiger partial charge in [-0.15, -0.1) is 0 Å². The Balaban J connectivity index is 1.86. The van der Waals surface area contributed by atoms with E-state index in [9.17, 15) is 20.0 Å². The number of carbonyl (C=O) groups excluding carboxylic acids is 1. The molecule has 1 amide bonds. The molecular weight excluding hydrogens is 274 g/mol. The molecular formula is C14H19N3O4. The van der Waals surface area contributed by atoms with E-state index in [1.54, 1.807) is 13.0 Å². The molecule has 1 aromatic rings. The zero-order valence-electron chi connectivity index (χ0n) is 11.9. The van der Waals surface area contributed by atoms with Gasteiger partial charge in [0.15, 0.2) is 0 Å². The van der Waals surface area contributed by atoms with E-state index < -0.39 is 4.92 Å². The number of anilines is 1. The van der Waals surface area contributed by atoms with Crippen molar-refractivity contribution >= 4 is 17.3 Å². The first-order valence-corrected chi connectivity index (χ1v) is 6.91. The lowest BCUT2D eigenvalue weighted by molar-refractivity contribution is -0.384. The number of β-amino-alcohol motifs (C(OH)–C–C–N with tert-alkyl or cyclic N) is 1. The molecule has 1 heterocycles. The number of amides is 1. The van der Waals surface area contributed by atoms with Gasteiger partial charge in [0.2, 0.25) is 5.91 Å². The van der Waals surface area contributed by atoms with E-state index in [-0.39, 0.29) is 17.7 Å². The number of hydrogen-bond acceptors (Lipinski definition) is 5. The number of aryl methyl sites for hydroxylation is 1. The molecule has 21 heavy (non-hydrogen) atoms. The summed E-state index contributed by atoms with van der Waals surface area (Å²) in [6.45, 7) is 3.75. The van der Waals surface area contributed by atoms with Gasteiger partial charge in [0.25, 0.3) is 5.69 Å². The fourth-order valence-electron chi connectivity index (χ4n) is 2.39. The molecule has 1 atom stereocenters. The summed E-state index contributed by atoms with van der Waals surface area (Å²) in [6, 6.07) is 4.36. The molecule has 0 spiro atoms. The maximum absolute atomic E-state index is 11.9. The largest absolute Gasteiger partial charge is 0.392 e. The van der Waals surface area contributed by atoms with Gasteiger partial charge in [0.05, 0.1) is 11.0 Å². The molecule has 1 aliphatic heterocycles. The molecule has 0 saturated carbocycles. The summed E-state index contributed by atoms with van der Waals surface area (Å²) < 4.78 is 0. The zero-order chi connectivity index (χ0) is 15.4. The third-order valence-corrected chi connectivity index (χ3v) is 3.60. The summed E-state index contributed by atoms with van der Waals surface area (Å²) in [5.74, 6) is -0.131. The van der Waals surface area contributed by atoms with E-state index in [0.29, 0.717) is 30.8 Å². The Kier molecular flexibility index (Phi) is 4.87. The average Bonchev–Trinajstić information content (AvgIpc) is 2.84. The lowest BCUT2D eigenvalue weighted by Gasteiger charge is -2.14. The Hall–Kier alpha value is -1.99. The van der Waals surface area contributed by atoms with Gasteiger partial charge in [-0.3, -0.25) is 14.9 Å². The van der Waals surface area contributed by atoms with Crippen LogP contribution in [0.5, 0.6) is 0 Å². The van der Waals surface area contributed by atoms with Crippen molar-refractivity contribution in [1.82, 2.24) is 4.90 Å². The van der Waals surface area contributed by atoms with Crippen molar-refractivity contribution in [2.75, 3.05) is 25.0 Å². The van der Waals surface area contributed by atoms with Gasteiger partial charge in [0.1, 0.15) is 0 Å². The van der Waals surface area contributed by atoms with E-state index in [2.05, 4.69) is 5.32 Å². The first-order valence-electron chi connectivity index (χ1n) is 6.91. The van der Waals surface area contributed by atoms with Crippen molar-refractivity contribution in [3.05, 3.63) is 33.9 Å². The third-order valence-electron chi connectivity index (χ3n) is 3.60. The SMILES string of the molecule is Cc1cc([N+](=O)[O-])ccc1NC(=O)CCN1CC[C@H](O)C1. The number of aliphatic hydroxyl groups is 1. The second kappa shape index (κ2) is 6.64. The number of carbonyl (C=O) groups is 1. The highest BCUT2D eigenvalue weighted by Gasteiger charge is 2.20. The van der Waals surface area contributed by atoms with Crippen LogP contribution in [0.2, 0.25) is 0 Å². The van der Waals surface area contributed by atoms with E-state index in [4.69, 9.17) is 0 Å². The van der Waals surface area contributed by atoms with Crippen LogP contribution in [0, 0.1) is 17.0 Å². The van der Waals surface area contributed by atoms with E-state index in [0.717, 1.165) is 13.0 Å². The number of nitrogens with one attached hydrogen (secondary N) is 1. The van der Waals surface area contributed by atoms with Gasteiger partial charge in [-0.2, -0.15) is 0 Å². The number of hydrogen-bond donors (Lipinski definition) is 2. The standard InChI is InChI=1S/C14H19N3O4/c1-10-8-11(17(20)21)2-3-13(10)15-14(19)5-7-16-6-4-12(18)9-16/h2-3,8,12,18H,4-7,9H2,1H3,(H,15,19)/t12-/m0/s1. The highest BCUT2D eigenvalue weighted by Crippen LogP contribution is 2.21. The lowest BCUT2D eigenvalue weighted by Crippen LogP contribution is -2.26. The summed E-state index contributed by atoms with van der Waals surface area (Å²) in [5, 5.41) is 22.8. The fourth-order valence-corrected chi connectivity index (χ4v) is 2.39. The number of nitrogens with zero attached hydrogens (tertiary/aromatic N) is 2. The molecule has 0 aliphatic carbocycles. The minimum Gasteiger partial charge on any atom is -0.392 e. The number of nitro groups is 1. The molecule has 7 heteroatoms. The Morgan fingerprint density at radius 2 is 2.33 bits per heavy atom. The maximum atomic E-state index is 11.9. The van der Waals surface area contributed by atoms with Crippen LogP contribution in [-0.4, -0.2) is 46.6 Å². The minimum absolute atomic E-state index is 0.0107. The van der Waals surface area contributed by atoms with Crippen LogP contribution in [0.15, 0.2) is 18.2 Å². The Bertz CT molecular complexity index is 547. The summed E-state index contributed by atoms with van der Waals surface area (Å²) >= 11 is 0. The topological polar surface area (TPSA) is 95.7 Å². The zero-order valence-corrected chi connectivity index (χ0v) is 11.9. The van der Waals surface area contributed by atoms with Gasteiger partial charge in [0, 0.05) is 43.9 Å². The van der Waals surface area contributed by atoms with Gasteiger partial charge in [-0.05, 0) is 25.0 Å². The van der Waals surface area contributed by atoms with Crippen LogP contribution >= 0.6 is 0 Å². The number of nitro benzene ring substituents is 1. The van der Waals surface area contributed by atoms with Gasteiger partial charge in [-0.1, -0.05) is 0 Å². The number of likely N-dealkylation sites (tertiary alicyclic amines) is 1. The van der Waals surface area contributed by atoms with Crippen LogP contribution in [0.25, 0.3) is 0 Å². The monoisotopic (exact) mass is 293 g/mol. The lowest BCUT2D eigenvalue weighted by atomic mass is 10.1. The second-order valence-corrected chi connectivity index (χ2v) is 5.30. The van der Waals surface area contributed by atoms with E-state index in [1.165, 1.54) is 12.1 Å². The second-order valence-electron chi connectivity index (χ2n) is 5.30. The first-order chi connectivity index (χ1) is 9.95. The Morgan fingerprint density at radius 1 is 1.57 bits per heavy atom. The van der Waals surface area contributed by atoms with Crippen LogP contribution in [0.4, 0.5) is 11.4 Å². The summed E-state index contributed by atoms with van der Waals surface area (Å²) in [5.41, 5.74) is 1.26. The molecule has 0 unspecified atom stereocenters. The summed E-state index contributed by atoms with van der Waals surface area (Å²) in [6.07, 6.45) is 0.802. The molecule has 1 aliphatic rings. The predicted octanol–water partition coefficient (Wildman–Crippen LogP) is 1.30. The Labute approximate surface area is 122 Å². The van der Waals surface area contributed by atoms with Crippen molar-refractivity contribution in [3.63, 3.8) is 0 Å². The van der Waals surface area contributed by atoms with Crippen molar-refractivity contribution < 1.29 is 14.8 Å². The van der Waals surface area contributed by atoms with E-state index >= 15 is 0 Å². The third kappa shape index (κ3) is 4.24. The van der Waals surface area contributed by atoms with Crippen LogP contribution in [-0.2, 0) is 4.79 Å². The van der Waals surface area contributed by atoms with E-state index in [1.807, 2.05) is 4.90 Å². The van der Waals surface area contributed by atoms with Crippen molar-refractivity contribution in [2.45, 2.75) is 25.9 Å². The summed E-state index contributed by atoms with van der Waals surface area (Å²) in [7, 11) is 0. The average molecular weight is 293 g/mol. The molecule has 0 aromatic heterocycles. The minimum atomic E-state index is -0.461. The van der Waals surface area contributed by atoms with Gasteiger partial charge >= 0.3 is 0 Å². The van der Waals surface area contributed by atoms with Crippen molar-refractivity contribution in [3.8, 4) is 0 Å². The molecule has 114 valence electrons. The highest BCUT2D eigenvalue weighted by atomic mass is 16.6. The molecule has 2 rings (SSSR count). The highest BCUT2D eigenvalue weighted by molar-refractivity contribution is 5.91.